The molecule has 2 heterocycles. The zero-order chi connectivity index (χ0) is 17.3. The smallest absolute Gasteiger partial charge is 0.326 e. The third kappa shape index (κ3) is 2.73. The van der Waals surface area contributed by atoms with E-state index in [1.807, 2.05) is 29.2 Å². The van der Waals surface area contributed by atoms with E-state index in [4.69, 9.17) is 4.74 Å². The van der Waals surface area contributed by atoms with Gasteiger partial charge < -0.3 is 15.0 Å². The Balaban J connectivity index is 1.81. The summed E-state index contributed by atoms with van der Waals surface area (Å²) in [5.74, 6) is -0.963. The average Bonchev–Trinajstić information content (AvgIpc) is 3.03. The SMILES string of the molecule is CNC(=O)CN1NC2N(CCN2c2ccc(OC)cc2)C(=O)C1=O. The molecule has 2 fully saturated rings. The molecule has 2 N–H and O–H groups in total. The number of methoxy groups -OCH3 is 1. The van der Waals surface area contributed by atoms with Crippen LogP contribution in [-0.2, 0) is 14.4 Å². The summed E-state index contributed by atoms with van der Waals surface area (Å²) >= 11 is 0. The van der Waals surface area contributed by atoms with E-state index in [1.165, 1.54) is 11.9 Å². The highest BCUT2D eigenvalue weighted by Gasteiger charge is 2.45. The van der Waals surface area contributed by atoms with Crippen molar-refractivity contribution < 1.29 is 19.1 Å². The Morgan fingerprint density at radius 1 is 1.21 bits per heavy atom. The number of rotatable bonds is 4. The summed E-state index contributed by atoms with van der Waals surface area (Å²) in [7, 11) is 3.07. The Kier molecular flexibility index (Phi) is 4.26. The summed E-state index contributed by atoms with van der Waals surface area (Å²) in [6.07, 6.45) is -0.506. The van der Waals surface area contributed by atoms with Crippen LogP contribution in [0.2, 0.25) is 0 Å². The molecule has 0 aromatic heterocycles. The summed E-state index contributed by atoms with van der Waals surface area (Å²) in [6, 6.07) is 7.42. The van der Waals surface area contributed by atoms with E-state index >= 15 is 0 Å². The zero-order valence-electron chi connectivity index (χ0n) is 13.5. The summed E-state index contributed by atoms with van der Waals surface area (Å²) < 4.78 is 5.15. The Labute approximate surface area is 139 Å². The van der Waals surface area contributed by atoms with Crippen molar-refractivity contribution in [2.75, 3.05) is 38.7 Å². The molecule has 0 spiro atoms. The van der Waals surface area contributed by atoms with Gasteiger partial charge in [0.1, 0.15) is 12.3 Å². The fourth-order valence-electron chi connectivity index (χ4n) is 2.80. The van der Waals surface area contributed by atoms with Crippen molar-refractivity contribution in [2.24, 2.45) is 0 Å². The number of nitrogens with one attached hydrogen (secondary N) is 2. The first kappa shape index (κ1) is 16.1. The molecule has 1 unspecified atom stereocenters. The molecule has 9 heteroatoms. The second-order valence-electron chi connectivity index (χ2n) is 5.46. The number of benzene rings is 1. The van der Waals surface area contributed by atoms with Gasteiger partial charge in [0.05, 0.1) is 7.11 Å². The highest BCUT2D eigenvalue weighted by Crippen LogP contribution is 2.26. The first-order valence-electron chi connectivity index (χ1n) is 7.55. The minimum atomic E-state index is -0.730. The summed E-state index contributed by atoms with van der Waals surface area (Å²) in [6.45, 7) is 0.792. The second-order valence-corrected chi connectivity index (χ2v) is 5.46. The van der Waals surface area contributed by atoms with E-state index in [9.17, 15) is 14.4 Å². The largest absolute Gasteiger partial charge is 0.497 e. The zero-order valence-corrected chi connectivity index (χ0v) is 13.5. The van der Waals surface area contributed by atoms with Gasteiger partial charge >= 0.3 is 11.8 Å². The second kappa shape index (κ2) is 6.36. The molecule has 2 aliphatic rings. The number of hydrogen-bond donors (Lipinski definition) is 2. The van der Waals surface area contributed by atoms with Gasteiger partial charge in [-0.05, 0) is 24.3 Å². The van der Waals surface area contributed by atoms with Gasteiger partial charge in [0.25, 0.3) is 0 Å². The van der Waals surface area contributed by atoms with Crippen LogP contribution in [0.1, 0.15) is 0 Å². The van der Waals surface area contributed by atoms with Crippen molar-refractivity contribution in [1.29, 1.82) is 0 Å². The minimum absolute atomic E-state index is 0.220. The molecule has 1 aromatic carbocycles. The van der Waals surface area contributed by atoms with Crippen LogP contribution in [0, 0.1) is 0 Å². The average molecular weight is 333 g/mol. The van der Waals surface area contributed by atoms with Crippen molar-refractivity contribution in [3.63, 3.8) is 0 Å². The van der Waals surface area contributed by atoms with Crippen LogP contribution < -0.4 is 20.4 Å². The van der Waals surface area contributed by atoms with Gasteiger partial charge in [0, 0.05) is 25.8 Å². The summed E-state index contributed by atoms with van der Waals surface area (Å²) in [4.78, 5) is 39.4. The van der Waals surface area contributed by atoms with Crippen molar-refractivity contribution in [3.8, 4) is 5.75 Å². The number of carbonyl (C=O) groups excluding carboxylic acids is 3. The van der Waals surface area contributed by atoms with Crippen LogP contribution in [0.3, 0.4) is 0 Å². The van der Waals surface area contributed by atoms with E-state index < -0.39 is 18.1 Å². The molecule has 3 amide bonds. The number of nitrogens with zero attached hydrogens (tertiary/aromatic N) is 3. The van der Waals surface area contributed by atoms with E-state index in [-0.39, 0.29) is 12.5 Å². The van der Waals surface area contributed by atoms with Crippen LogP contribution in [0.4, 0.5) is 5.69 Å². The maximum atomic E-state index is 12.3. The van der Waals surface area contributed by atoms with Crippen molar-refractivity contribution >= 4 is 23.4 Å². The third-order valence-corrected chi connectivity index (χ3v) is 4.12. The molecule has 1 aromatic rings. The van der Waals surface area contributed by atoms with E-state index in [2.05, 4.69) is 10.7 Å². The predicted molar refractivity (Wildman–Crippen MR) is 84.8 cm³/mol. The number of fused-ring (bicyclic) bond motifs is 1. The highest BCUT2D eigenvalue weighted by molar-refractivity contribution is 6.35. The molecule has 0 saturated carbocycles. The maximum absolute atomic E-state index is 12.3. The fourth-order valence-corrected chi connectivity index (χ4v) is 2.80. The molecule has 3 rings (SSSR count). The quantitative estimate of drug-likeness (QED) is 0.667. The van der Waals surface area contributed by atoms with E-state index in [0.29, 0.717) is 13.1 Å². The number of hydrazine groups is 1. The third-order valence-electron chi connectivity index (χ3n) is 4.12. The fraction of sp³-hybridized carbons (Fsp3) is 0.400. The molecule has 24 heavy (non-hydrogen) atoms. The van der Waals surface area contributed by atoms with Crippen LogP contribution in [0.25, 0.3) is 0 Å². The molecule has 2 saturated heterocycles. The Morgan fingerprint density at radius 3 is 2.50 bits per heavy atom. The van der Waals surface area contributed by atoms with Crippen LogP contribution in [0.15, 0.2) is 24.3 Å². The number of hydrogen-bond acceptors (Lipinski definition) is 6. The topological polar surface area (TPSA) is 94.2 Å². The van der Waals surface area contributed by atoms with Crippen molar-refractivity contribution in [3.05, 3.63) is 24.3 Å². The van der Waals surface area contributed by atoms with Crippen molar-refractivity contribution in [2.45, 2.75) is 6.29 Å². The monoisotopic (exact) mass is 333 g/mol. The van der Waals surface area contributed by atoms with Gasteiger partial charge in [0.15, 0.2) is 6.29 Å². The van der Waals surface area contributed by atoms with Crippen molar-refractivity contribution in [1.82, 2.24) is 20.7 Å². The van der Waals surface area contributed by atoms with Crippen LogP contribution in [0.5, 0.6) is 5.75 Å². The first-order valence-corrected chi connectivity index (χ1v) is 7.55. The van der Waals surface area contributed by atoms with Gasteiger partial charge in [-0.15, -0.1) is 0 Å². The predicted octanol–water partition coefficient (Wildman–Crippen LogP) is -1.28. The van der Waals surface area contributed by atoms with E-state index in [0.717, 1.165) is 16.4 Å². The van der Waals surface area contributed by atoms with Gasteiger partial charge in [-0.3, -0.25) is 24.3 Å². The number of ether oxygens (including phenoxy) is 1. The molecule has 0 radical (unpaired) electrons. The number of likely N-dealkylation sites (N-methyl/N-ethyl adjacent to an activating group) is 1. The van der Waals surface area contributed by atoms with Gasteiger partial charge in [0.2, 0.25) is 5.91 Å². The first-order chi connectivity index (χ1) is 11.5. The van der Waals surface area contributed by atoms with Gasteiger partial charge in [-0.1, -0.05) is 0 Å². The molecular weight excluding hydrogens is 314 g/mol. The Hall–Kier alpha value is -2.81. The van der Waals surface area contributed by atoms with Crippen LogP contribution in [-0.4, -0.2) is 67.7 Å². The lowest BCUT2D eigenvalue weighted by Gasteiger charge is -2.40. The van der Waals surface area contributed by atoms with Gasteiger partial charge in [-0.2, -0.15) is 5.43 Å². The molecule has 2 aliphatic heterocycles. The molecule has 128 valence electrons. The standard InChI is InChI=1S/C15H19N5O4/c1-16-12(21)9-20-14(23)13(22)19-8-7-18(15(19)17-20)10-3-5-11(24-2)6-4-10/h3-6,15,17H,7-9H2,1-2H3,(H,16,21). The Morgan fingerprint density at radius 2 is 1.88 bits per heavy atom. The normalized spacial score (nSPS) is 20.2. The maximum Gasteiger partial charge on any atom is 0.326 e. The highest BCUT2D eigenvalue weighted by atomic mass is 16.5. The minimum Gasteiger partial charge on any atom is -0.497 e. The molecule has 9 nitrogen and oxygen atoms in total. The molecule has 0 bridgehead atoms. The molecule has 1 atom stereocenters. The lowest BCUT2D eigenvalue weighted by molar-refractivity contribution is -0.163. The lowest BCUT2D eigenvalue weighted by atomic mass is 10.3. The summed E-state index contributed by atoms with van der Waals surface area (Å²) in [5.41, 5.74) is 3.85. The van der Waals surface area contributed by atoms with Crippen LogP contribution >= 0.6 is 0 Å². The lowest BCUT2D eigenvalue weighted by Crippen LogP contribution is -2.68. The molecule has 0 aliphatic carbocycles. The summed E-state index contributed by atoms with van der Waals surface area (Å²) in [5, 5.41) is 3.50. The molecular formula is C15H19N5O4. The number of carbonyl (C=O) groups is 3. The Bertz CT molecular complexity index is 662. The van der Waals surface area contributed by atoms with E-state index in [1.54, 1.807) is 7.11 Å². The van der Waals surface area contributed by atoms with Gasteiger partial charge in [-0.25, -0.2) is 0 Å². The number of anilines is 1. The number of amides is 3.